The number of methoxy groups -OCH3 is 1. The summed E-state index contributed by atoms with van der Waals surface area (Å²) in [6, 6.07) is 0.547. The molecule has 16 heavy (non-hydrogen) atoms. The van der Waals surface area contributed by atoms with Crippen LogP contribution in [0.2, 0.25) is 0 Å². The number of unbranched alkanes of at least 4 members (excludes halogenated alkanes) is 1. The number of hydrogen-bond donors (Lipinski definition) is 1. The van der Waals surface area contributed by atoms with Gasteiger partial charge in [-0.2, -0.15) is 0 Å². The Morgan fingerprint density at radius 3 is 2.31 bits per heavy atom. The first-order valence-electron chi connectivity index (χ1n) is 7.00. The number of nitrogens with one attached hydrogen (secondary N) is 1. The monoisotopic (exact) mass is 229 g/mol. The summed E-state index contributed by atoms with van der Waals surface area (Å²) in [6.07, 6.45) is 7.78. The van der Waals surface area contributed by atoms with Gasteiger partial charge in [-0.25, -0.2) is 0 Å². The first-order chi connectivity index (χ1) is 7.78. The van der Waals surface area contributed by atoms with Gasteiger partial charge in [0.2, 0.25) is 0 Å². The third-order valence-electron chi connectivity index (χ3n) is 3.24. The number of rotatable bonds is 11. The van der Waals surface area contributed by atoms with Gasteiger partial charge >= 0.3 is 0 Å². The summed E-state index contributed by atoms with van der Waals surface area (Å²) in [7, 11) is 1.79. The lowest BCUT2D eigenvalue weighted by Gasteiger charge is -2.21. The normalized spacial score (nSPS) is 15.0. The fourth-order valence-electron chi connectivity index (χ4n) is 2.07. The third-order valence-corrected chi connectivity index (χ3v) is 3.24. The van der Waals surface area contributed by atoms with E-state index >= 15 is 0 Å². The van der Waals surface area contributed by atoms with Crippen molar-refractivity contribution in [3.05, 3.63) is 0 Å². The molecule has 0 aliphatic carbocycles. The lowest BCUT2D eigenvalue weighted by atomic mass is 9.99. The Bertz CT molecular complexity index is 133. The Kier molecular flexibility index (Phi) is 11.3. The quantitative estimate of drug-likeness (QED) is 0.584. The van der Waals surface area contributed by atoms with E-state index in [4.69, 9.17) is 4.74 Å². The standard InChI is InChI=1S/C14H31NO/c1-5-8-10-13(7-3)11-15-14(9-6-2)12-16-4/h13-15H,5-12H2,1-4H3. The molecule has 2 atom stereocenters. The summed E-state index contributed by atoms with van der Waals surface area (Å²) in [6.45, 7) is 8.80. The summed E-state index contributed by atoms with van der Waals surface area (Å²) in [5.41, 5.74) is 0. The molecule has 0 aliphatic rings. The van der Waals surface area contributed by atoms with Crippen molar-refractivity contribution in [2.45, 2.75) is 65.3 Å². The Morgan fingerprint density at radius 1 is 1.06 bits per heavy atom. The first kappa shape index (κ1) is 15.9. The van der Waals surface area contributed by atoms with Crippen LogP contribution in [0, 0.1) is 5.92 Å². The fourth-order valence-corrected chi connectivity index (χ4v) is 2.07. The molecule has 0 saturated heterocycles. The van der Waals surface area contributed by atoms with E-state index in [0.717, 1.165) is 19.1 Å². The van der Waals surface area contributed by atoms with Crippen LogP contribution in [0.4, 0.5) is 0 Å². The average molecular weight is 229 g/mol. The van der Waals surface area contributed by atoms with Gasteiger partial charge in [0, 0.05) is 13.2 Å². The van der Waals surface area contributed by atoms with Gasteiger partial charge < -0.3 is 10.1 Å². The molecular formula is C14H31NO. The zero-order chi connectivity index (χ0) is 12.2. The van der Waals surface area contributed by atoms with Crippen molar-refractivity contribution in [1.29, 1.82) is 0 Å². The van der Waals surface area contributed by atoms with Crippen LogP contribution < -0.4 is 5.32 Å². The summed E-state index contributed by atoms with van der Waals surface area (Å²) in [5.74, 6) is 0.844. The third kappa shape index (κ3) is 8.12. The molecule has 2 heteroatoms. The zero-order valence-electron chi connectivity index (χ0n) is 11.7. The van der Waals surface area contributed by atoms with Gasteiger partial charge in [-0.3, -0.25) is 0 Å². The van der Waals surface area contributed by atoms with Gasteiger partial charge in [-0.05, 0) is 25.3 Å². The van der Waals surface area contributed by atoms with E-state index in [1.165, 1.54) is 38.5 Å². The van der Waals surface area contributed by atoms with Gasteiger partial charge in [0.15, 0.2) is 0 Å². The molecule has 98 valence electrons. The second-order valence-corrected chi connectivity index (χ2v) is 4.77. The smallest absolute Gasteiger partial charge is 0.0615 e. The molecule has 2 nitrogen and oxygen atoms in total. The number of ether oxygens (including phenoxy) is 1. The van der Waals surface area contributed by atoms with E-state index in [1.807, 2.05) is 0 Å². The van der Waals surface area contributed by atoms with Crippen LogP contribution in [0.5, 0.6) is 0 Å². The van der Waals surface area contributed by atoms with Gasteiger partial charge in [-0.1, -0.05) is 46.5 Å². The van der Waals surface area contributed by atoms with Crippen LogP contribution >= 0.6 is 0 Å². The van der Waals surface area contributed by atoms with E-state index in [9.17, 15) is 0 Å². The van der Waals surface area contributed by atoms with Crippen LogP contribution in [-0.2, 0) is 4.74 Å². The molecule has 0 amide bonds. The minimum absolute atomic E-state index is 0.547. The highest BCUT2D eigenvalue weighted by atomic mass is 16.5. The molecule has 1 N–H and O–H groups in total. The maximum Gasteiger partial charge on any atom is 0.0615 e. The average Bonchev–Trinajstić information content (AvgIpc) is 2.30. The molecule has 0 saturated carbocycles. The topological polar surface area (TPSA) is 21.3 Å². The predicted molar refractivity (Wildman–Crippen MR) is 71.9 cm³/mol. The van der Waals surface area contributed by atoms with Crippen LogP contribution in [0.25, 0.3) is 0 Å². The van der Waals surface area contributed by atoms with Crippen molar-refractivity contribution in [1.82, 2.24) is 5.32 Å². The molecule has 0 radical (unpaired) electrons. The second-order valence-electron chi connectivity index (χ2n) is 4.77. The Morgan fingerprint density at radius 2 is 1.81 bits per heavy atom. The van der Waals surface area contributed by atoms with E-state index < -0.39 is 0 Å². The summed E-state index contributed by atoms with van der Waals surface area (Å²) < 4.78 is 5.24. The molecule has 0 aromatic heterocycles. The molecule has 0 spiro atoms. The van der Waals surface area contributed by atoms with E-state index in [2.05, 4.69) is 26.1 Å². The van der Waals surface area contributed by atoms with Crippen LogP contribution in [0.1, 0.15) is 59.3 Å². The lowest BCUT2D eigenvalue weighted by Crippen LogP contribution is -2.36. The predicted octanol–water partition coefficient (Wildman–Crippen LogP) is 3.61. The highest BCUT2D eigenvalue weighted by Crippen LogP contribution is 2.12. The summed E-state index contributed by atoms with van der Waals surface area (Å²) in [4.78, 5) is 0. The van der Waals surface area contributed by atoms with E-state index in [1.54, 1.807) is 7.11 Å². The lowest BCUT2D eigenvalue weighted by molar-refractivity contribution is 0.158. The van der Waals surface area contributed by atoms with Crippen molar-refractivity contribution in [2.24, 2.45) is 5.92 Å². The Hall–Kier alpha value is -0.0800. The van der Waals surface area contributed by atoms with E-state index in [0.29, 0.717) is 6.04 Å². The zero-order valence-corrected chi connectivity index (χ0v) is 11.7. The maximum absolute atomic E-state index is 5.24. The van der Waals surface area contributed by atoms with Crippen LogP contribution in [0.15, 0.2) is 0 Å². The van der Waals surface area contributed by atoms with E-state index in [-0.39, 0.29) is 0 Å². The Balaban J connectivity index is 3.76. The Labute approximate surface area is 102 Å². The van der Waals surface area contributed by atoms with Crippen LogP contribution in [0.3, 0.4) is 0 Å². The molecule has 0 heterocycles. The fraction of sp³-hybridized carbons (Fsp3) is 1.00. The van der Waals surface area contributed by atoms with Gasteiger partial charge in [0.05, 0.1) is 6.61 Å². The molecule has 0 aromatic rings. The minimum atomic E-state index is 0.547. The van der Waals surface area contributed by atoms with Crippen molar-refractivity contribution >= 4 is 0 Å². The van der Waals surface area contributed by atoms with Crippen molar-refractivity contribution in [3.63, 3.8) is 0 Å². The number of hydrogen-bond acceptors (Lipinski definition) is 2. The van der Waals surface area contributed by atoms with Crippen LogP contribution in [-0.4, -0.2) is 26.3 Å². The minimum Gasteiger partial charge on any atom is -0.383 e. The SMILES string of the molecule is CCCCC(CC)CNC(CCC)COC. The molecule has 2 unspecified atom stereocenters. The molecule has 0 rings (SSSR count). The van der Waals surface area contributed by atoms with Crippen molar-refractivity contribution in [2.75, 3.05) is 20.3 Å². The highest BCUT2D eigenvalue weighted by Gasteiger charge is 2.10. The second kappa shape index (κ2) is 11.4. The van der Waals surface area contributed by atoms with Gasteiger partial charge in [0.25, 0.3) is 0 Å². The van der Waals surface area contributed by atoms with Crippen molar-refractivity contribution in [3.8, 4) is 0 Å². The molecular weight excluding hydrogens is 198 g/mol. The summed E-state index contributed by atoms with van der Waals surface area (Å²) in [5, 5.41) is 3.66. The summed E-state index contributed by atoms with van der Waals surface area (Å²) >= 11 is 0. The molecule has 0 aromatic carbocycles. The molecule has 0 fully saturated rings. The van der Waals surface area contributed by atoms with Gasteiger partial charge in [-0.15, -0.1) is 0 Å². The largest absolute Gasteiger partial charge is 0.383 e. The molecule has 0 aliphatic heterocycles. The maximum atomic E-state index is 5.24. The molecule has 0 bridgehead atoms. The highest BCUT2D eigenvalue weighted by molar-refractivity contribution is 4.69. The van der Waals surface area contributed by atoms with Gasteiger partial charge in [0.1, 0.15) is 0 Å². The first-order valence-corrected chi connectivity index (χ1v) is 7.00. The van der Waals surface area contributed by atoms with Crippen molar-refractivity contribution < 1.29 is 4.74 Å².